The third-order valence-electron chi connectivity index (χ3n) is 1.36. The van der Waals surface area contributed by atoms with Gasteiger partial charge in [-0.15, -0.1) is 0 Å². The smallest absolute Gasteiger partial charge is 0.306 e. The second kappa shape index (κ2) is 3.80. The van der Waals surface area contributed by atoms with Gasteiger partial charge >= 0.3 is 5.97 Å². The van der Waals surface area contributed by atoms with Crippen LogP contribution in [0.3, 0.4) is 0 Å². The number of carbonyl (C=O) groups excluding carboxylic acids is 2. The molecule has 1 heterocycles. The molecular weight excluding hydrogens is 158 g/mol. The van der Waals surface area contributed by atoms with Crippen LogP contribution in [-0.2, 0) is 14.3 Å². The third-order valence-corrected chi connectivity index (χ3v) is 1.36. The highest BCUT2D eigenvalue weighted by atomic mass is 16.5. The molecule has 1 aliphatic heterocycles. The van der Waals surface area contributed by atoms with Crippen molar-refractivity contribution in [1.29, 1.82) is 0 Å². The summed E-state index contributed by atoms with van der Waals surface area (Å²) in [5, 5.41) is 0. The van der Waals surface area contributed by atoms with Gasteiger partial charge in [-0.05, 0) is 12.2 Å². The van der Waals surface area contributed by atoms with Crippen LogP contribution in [0.1, 0.15) is 13.3 Å². The predicted molar refractivity (Wildman–Crippen MR) is 42.8 cm³/mol. The van der Waals surface area contributed by atoms with Gasteiger partial charge in [0.15, 0.2) is 0 Å². The first kappa shape index (κ1) is 8.64. The molecule has 4 heteroatoms. The average Bonchev–Trinajstić information content (AvgIpc) is 2.09. The normalized spacial score (nSPS) is 21.1. The zero-order valence-corrected chi connectivity index (χ0v) is 6.69. The second-order valence-corrected chi connectivity index (χ2v) is 2.27. The van der Waals surface area contributed by atoms with Gasteiger partial charge in [0.1, 0.15) is 0 Å². The van der Waals surface area contributed by atoms with E-state index < -0.39 is 18.0 Å². The average molecular weight is 167 g/mol. The van der Waals surface area contributed by atoms with Gasteiger partial charge in [0.05, 0.1) is 0 Å². The molecule has 0 aromatic carbocycles. The first-order valence-electron chi connectivity index (χ1n) is 3.68. The number of hydrogen-bond acceptors (Lipinski definition) is 3. The van der Waals surface area contributed by atoms with Gasteiger partial charge < -0.3 is 4.74 Å². The van der Waals surface area contributed by atoms with Crippen molar-refractivity contribution in [3.63, 3.8) is 0 Å². The van der Waals surface area contributed by atoms with Crippen molar-refractivity contribution in [2.75, 3.05) is 0 Å². The molecule has 1 amide bonds. The molecule has 0 saturated heterocycles. The minimum atomic E-state index is -0.817. The summed E-state index contributed by atoms with van der Waals surface area (Å²) in [6.07, 6.45) is 3.90. The van der Waals surface area contributed by atoms with Crippen LogP contribution in [0, 0.1) is 0 Å². The van der Waals surface area contributed by atoms with E-state index in [1.54, 1.807) is 13.0 Å². The lowest BCUT2D eigenvalue weighted by Gasteiger charge is -2.11. The Labute approximate surface area is 69.9 Å². The van der Waals surface area contributed by atoms with Gasteiger partial charge in [0.25, 0.3) is 5.91 Å². The van der Waals surface area contributed by atoms with Crippen molar-refractivity contribution in [1.82, 2.24) is 0 Å². The summed E-state index contributed by atoms with van der Waals surface area (Å²) in [5.74, 6) is -0.825. The number of hydrogen-bond donors (Lipinski definition) is 0. The number of nitrogens with zero attached hydrogens (tertiary/aromatic N) is 1. The fraction of sp³-hybridized carbons (Fsp3) is 0.375. The van der Waals surface area contributed by atoms with Gasteiger partial charge in [0, 0.05) is 12.6 Å². The monoisotopic (exact) mass is 167 g/mol. The van der Waals surface area contributed by atoms with Crippen molar-refractivity contribution in [2.24, 2.45) is 4.99 Å². The third kappa shape index (κ3) is 2.02. The van der Waals surface area contributed by atoms with Gasteiger partial charge in [-0.3, -0.25) is 9.59 Å². The zero-order chi connectivity index (χ0) is 8.97. The molecule has 12 heavy (non-hydrogen) atoms. The molecule has 0 fully saturated rings. The Balaban J connectivity index is 2.53. The maximum Gasteiger partial charge on any atom is 0.306 e. The second-order valence-electron chi connectivity index (χ2n) is 2.27. The first-order chi connectivity index (χ1) is 5.74. The number of carbonyl (C=O) groups is 2. The molecule has 0 N–H and O–H groups in total. The number of rotatable bonds is 2. The van der Waals surface area contributed by atoms with Crippen LogP contribution in [0.25, 0.3) is 0 Å². The summed E-state index contributed by atoms with van der Waals surface area (Å²) in [4.78, 5) is 25.2. The van der Waals surface area contributed by atoms with E-state index in [9.17, 15) is 9.59 Å². The molecule has 0 aromatic rings. The minimum Gasteiger partial charge on any atom is -0.448 e. The van der Waals surface area contributed by atoms with Crippen LogP contribution in [0.15, 0.2) is 17.1 Å². The molecule has 0 saturated carbocycles. The van der Waals surface area contributed by atoms with E-state index in [1.165, 1.54) is 12.3 Å². The topological polar surface area (TPSA) is 55.7 Å². The summed E-state index contributed by atoms with van der Waals surface area (Å²) < 4.78 is 4.76. The maximum atomic E-state index is 10.9. The largest absolute Gasteiger partial charge is 0.448 e. The van der Waals surface area contributed by atoms with Gasteiger partial charge in [-0.25, -0.2) is 4.99 Å². The molecule has 1 unspecified atom stereocenters. The summed E-state index contributed by atoms with van der Waals surface area (Å²) in [7, 11) is 0. The molecule has 0 spiro atoms. The summed E-state index contributed by atoms with van der Waals surface area (Å²) >= 11 is 0. The lowest BCUT2D eigenvalue weighted by Crippen LogP contribution is -2.25. The van der Waals surface area contributed by atoms with Crippen LogP contribution in [0.4, 0.5) is 0 Å². The van der Waals surface area contributed by atoms with E-state index in [4.69, 9.17) is 4.74 Å². The predicted octanol–water partition coefficient (Wildman–Crippen LogP) is 0.475. The lowest BCUT2D eigenvalue weighted by molar-refractivity contribution is -0.151. The van der Waals surface area contributed by atoms with E-state index >= 15 is 0 Å². The Kier molecular flexibility index (Phi) is 2.74. The van der Waals surface area contributed by atoms with Gasteiger partial charge in [-0.1, -0.05) is 6.92 Å². The van der Waals surface area contributed by atoms with Crippen LogP contribution in [0.2, 0.25) is 0 Å². The van der Waals surface area contributed by atoms with Crippen molar-refractivity contribution < 1.29 is 14.3 Å². The molecule has 64 valence electrons. The van der Waals surface area contributed by atoms with E-state index in [-0.39, 0.29) is 6.42 Å². The lowest BCUT2D eigenvalue weighted by atomic mass is 10.2. The molecule has 1 aliphatic rings. The van der Waals surface area contributed by atoms with Crippen molar-refractivity contribution in [3.05, 3.63) is 12.2 Å². The summed E-state index contributed by atoms with van der Waals surface area (Å²) in [6.45, 7) is 1.67. The van der Waals surface area contributed by atoms with Crippen LogP contribution < -0.4 is 0 Å². The maximum absolute atomic E-state index is 10.9. The Bertz CT molecular complexity index is 255. The number of ether oxygens (including phenoxy) is 1. The van der Waals surface area contributed by atoms with E-state index in [1.807, 2.05) is 0 Å². The number of aliphatic imine (C=N–C) groups is 1. The molecule has 0 aromatic heterocycles. The van der Waals surface area contributed by atoms with Crippen molar-refractivity contribution in [2.45, 2.75) is 19.4 Å². The Hall–Kier alpha value is -1.45. The van der Waals surface area contributed by atoms with E-state index in [0.29, 0.717) is 0 Å². The van der Waals surface area contributed by atoms with E-state index in [2.05, 4.69) is 4.99 Å². The molecule has 0 aliphatic carbocycles. The molecule has 4 nitrogen and oxygen atoms in total. The highest BCUT2D eigenvalue weighted by Crippen LogP contribution is 2.02. The number of esters is 1. The molecule has 1 atom stereocenters. The standard InChI is InChI=1S/C8H9NO3/c1-2-7(10)12-6-4-3-5-9-8(6)11/h3-6H,2H2,1H3. The van der Waals surface area contributed by atoms with Crippen LogP contribution in [0.5, 0.6) is 0 Å². The Morgan fingerprint density at radius 3 is 3.08 bits per heavy atom. The zero-order valence-electron chi connectivity index (χ0n) is 6.69. The quantitative estimate of drug-likeness (QED) is 0.562. The molecular formula is C8H9NO3. The Morgan fingerprint density at radius 1 is 1.75 bits per heavy atom. The summed E-state index contributed by atoms with van der Waals surface area (Å²) in [5.41, 5.74) is 0. The van der Waals surface area contributed by atoms with Crippen molar-refractivity contribution in [3.8, 4) is 0 Å². The van der Waals surface area contributed by atoms with Crippen LogP contribution in [-0.4, -0.2) is 24.2 Å². The SMILES string of the molecule is CCC(=O)OC1C=CC=NC1=O. The van der Waals surface area contributed by atoms with E-state index in [0.717, 1.165) is 0 Å². The molecule has 1 rings (SSSR count). The number of amides is 1. The Morgan fingerprint density at radius 2 is 2.50 bits per heavy atom. The number of allylic oxidation sites excluding steroid dienone is 1. The molecule has 0 bridgehead atoms. The fourth-order valence-corrected chi connectivity index (χ4v) is 0.738. The van der Waals surface area contributed by atoms with Crippen molar-refractivity contribution >= 4 is 18.1 Å². The van der Waals surface area contributed by atoms with Gasteiger partial charge in [-0.2, -0.15) is 0 Å². The van der Waals surface area contributed by atoms with Crippen LogP contribution >= 0.6 is 0 Å². The minimum absolute atomic E-state index is 0.265. The fourth-order valence-electron chi connectivity index (χ4n) is 0.738. The highest BCUT2D eigenvalue weighted by molar-refractivity contribution is 5.96. The number of dihydropyridines is 1. The highest BCUT2D eigenvalue weighted by Gasteiger charge is 2.19. The summed E-state index contributed by atoms with van der Waals surface area (Å²) in [6, 6.07) is 0. The first-order valence-corrected chi connectivity index (χ1v) is 3.68. The van der Waals surface area contributed by atoms with Gasteiger partial charge in [0.2, 0.25) is 6.10 Å². The molecule has 0 radical (unpaired) electrons.